The van der Waals surface area contributed by atoms with Crippen molar-refractivity contribution < 1.29 is 4.52 Å². The minimum absolute atomic E-state index is 0.347. The fourth-order valence-electron chi connectivity index (χ4n) is 2.53. The zero-order valence-electron chi connectivity index (χ0n) is 11.8. The smallest absolute Gasteiger partial charge is 0.245 e. The van der Waals surface area contributed by atoms with E-state index in [0.29, 0.717) is 29.1 Å². The summed E-state index contributed by atoms with van der Waals surface area (Å²) >= 11 is 5.14. The second-order valence-corrected chi connectivity index (χ2v) is 5.59. The van der Waals surface area contributed by atoms with Crippen LogP contribution in [0.4, 0.5) is 5.82 Å². The Labute approximate surface area is 128 Å². The van der Waals surface area contributed by atoms with Crippen LogP contribution >= 0.6 is 12.2 Å². The van der Waals surface area contributed by atoms with Gasteiger partial charge in [0.1, 0.15) is 10.8 Å². The standard InChI is InChI=1S/C14H17N5OS/c1-8-17-12(20-19-8)7-16-14-10(13(15)21)6-9-4-2-3-5-11(9)18-14/h6H,2-5,7H2,1H3,(H2,15,21)(H,16,18). The van der Waals surface area contributed by atoms with Crippen molar-refractivity contribution in [2.24, 2.45) is 5.73 Å². The Balaban J connectivity index is 1.87. The molecule has 0 aromatic carbocycles. The van der Waals surface area contributed by atoms with Crippen molar-refractivity contribution in [1.82, 2.24) is 15.1 Å². The zero-order chi connectivity index (χ0) is 14.8. The number of nitrogens with zero attached hydrogens (tertiary/aromatic N) is 3. The molecule has 0 saturated carbocycles. The molecule has 0 saturated heterocycles. The average molecular weight is 303 g/mol. The number of pyridine rings is 1. The number of nitrogens with two attached hydrogens (primary N) is 1. The van der Waals surface area contributed by atoms with E-state index in [2.05, 4.69) is 26.5 Å². The summed E-state index contributed by atoms with van der Waals surface area (Å²) in [5, 5.41) is 6.96. The molecule has 3 N–H and O–H groups in total. The van der Waals surface area contributed by atoms with Gasteiger partial charge >= 0.3 is 0 Å². The molecule has 3 rings (SSSR count). The zero-order valence-corrected chi connectivity index (χ0v) is 12.7. The Morgan fingerprint density at radius 3 is 2.90 bits per heavy atom. The van der Waals surface area contributed by atoms with E-state index in [1.807, 2.05) is 0 Å². The van der Waals surface area contributed by atoms with Crippen molar-refractivity contribution in [3.63, 3.8) is 0 Å². The highest BCUT2D eigenvalue weighted by Crippen LogP contribution is 2.25. The fraction of sp³-hybridized carbons (Fsp3) is 0.429. The Morgan fingerprint density at radius 1 is 1.38 bits per heavy atom. The Kier molecular flexibility index (Phi) is 3.83. The molecule has 0 fully saturated rings. The number of aryl methyl sites for hydroxylation is 3. The van der Waals surface area contributed by atoms with E-state index in [4.69, 9.17) is 22.5 Å². The van der Waals surface area contributed by atoms with Gasteiger partial charge in [0.2, 0.25) is 5.89 Å². The molecule has 0 amide bonds. The summed E-state index contributed by atoms with van der Waals surface area (Å²) in [4.78, 5) is 9.19. The molecule has 0 radical (unpaired) electrons. The molecular weight excluding hydrogens is 286 g/mol. The van der Waals surface area contributed by atoms with Crippen LogP contribution in [0.1, 0.15) is 41.4 Å². The molecule has 6 nitrogen and oxygen atoms in total. The van der Waals surface area contributed by atoms with Crippen LogP contribution in [-0.2, 0) is 19.4 Å². The summed E-state index contributed by atoms with van der Waals surface area (Å²) < 4.78 is 5.08. The van der Waals surface area contributed by atoms with E-state index in [1.165, 1.54) is 18.4 Å². The number of nitrogens with one attached hydrogen (secondary N) is 1. The van der Waals surface area contributed by atoms with Crippen LogP contribution < -0.4 is 11.1 Å². The Hall–Kier alpha value is -2.02. The average Bonchev–Trinajstić information content (AvgIpc) is 2.89. The monoisotopic (exact) mass is 303 g/mol. The Bertz CT molecular complexity index is 682. The van der Waals surface area contributed by atoms with E-state index in [0.717, 1.165) is 24.1 Å². The van der Waals surface area contributed by atoms with Gasteiger partial charge < -0.3 is 15.6 Å². The molecule has 1 aliphatic carbocycles. The molecule has 110 valence electrons. The van der Waals surface area contributed by atoms with Gasteiger partial charge in [0.15, 0.2) is 5.82 Å². The molecule has 2 aromatic heterocycles. The number of hydrogen-bond donors (Lipinski definition) is 2. The largest absolute Gasteiger partial charge is 0.389 e. The van der Waals surface area contributed by atoms with E-state index in [-0.39, 0.29) is 0 Å². The molecule has 0 spiro atoms. The van der Waals surface area contributed by atoms with Gasteiger partial charge in [0.05, 0.1) is 12.1 Å². The van der Waals surface area contributed by atoms with Crippen LogP contribution in [0.5, 0.6) is 0 Å². The third kappa shape index (κ3) is 3.02. The SMILES string of the molecule is Cc1noc(CNc2nc3c(cc2C(N)=S)CCCC3)n1. The number of hydrogen-bond acceptors (Lipinski definition) is 6. The summed E-state index contributed by atoms with van der Waals surface area (Å²) in [6.45, 7) is 2.19. The van der Waals surface area contributed by atoms with Gasteiger partial charge in [-0.15, -0.1) is 0 Å². The third-order valence-electron chi connectivity index (χ3n) is 3.54. The first-order valence-corrected chi connectivity index (χ1v) is 7.40. The minimum atomic E-state index is 0.347. The van der Waals surface area contributed by atoms with Gasteiger partial charge in [0.25, 0.3) is 0 Å². The van der Waals surface area contributed by atoms with Gasteiger partial charge in [-0.1, -0.05) is 17.4 Å². The minimum Gasteiger partial charge on any atom is -0.389 e. The van der Waals surface area contributed by atoms with E-state index < -0.39 is 0 Å². The van der Waals surface area contributed by atoms with E-state index >= 15 is 0 Å². The van der Waals surface area contributed by atoms with Crippen LogP contribution in [0.3, 0.4) is 0 Å². The lowest BCUT2D eigenvalue weighted by atomic mass is 9.94. The van der Waals surface area contributed by atoms with Crippen molar-refractivity contribution in [2.75, 3.05) is 5.32 Å². The Morgan fingerprint density at radius 2 is 2.19 bits per heavy atom. The molecule has 0 bridgehead atoms. The number of rotatable bonds is 4. The number of thiocarbonyl (C=S) groups is 1. The second-order valence-electron chi connectivity index (χ2n) is 5.15. The molecule has 21 heavy (non-hydrogen) atoms. The number of aromatic nitrogens is 3. The lowest BCUT2D eigenvalue weighted by molar-refractivity contribution is 0.379. The van der Waals surface area contributed by atoms with E-state index in [1.54, 1.807) is 6.92 Å². The topological polar surface area (TPSA) is 89.9 Å². The summed E-state index contributed by atoms with van der Waals surface area (Å²) in [5.41, 5.74) is 8.98. The maximum atomic E-state index is 5.82. The summed E-state index contributed by atoms with van der Waals surface area (Å²) in [6.07, 6.45) is 4.41. The predicted octanol–water partition coefficient (Wildman–Crippen LogP) is 1.90. The maximum absolute atomic E-state index is 5.82. The van der Waals surface area contributed by atoms with Crippen molar-refractivity contribution in [3.8, 4) is 0 Å². The fourth-order valence-corrected chi connectivity index (χ4v) is 2.68. The normalized spacial score (nSPS) is 13.8. The van der Waals surface area contributed by atoms with E-state index in [9.17, 15) is 0 Å². The summed E-state index contributed by atoms with van der Waals surface area (Å²) in [5.74, 6) is 1.82. The van der Waals surface area contributed by atoms with Gasteiger partial charge in [-0.25, -0.2) is 4.98 Å². The second kappa shape index (κ2) is 5.77. The molecule has 2 aromatic rings. The van der Waals surface area contributed by atoms with Crippen molar-refractivity contribution in [1.29, 1.82) is 0 Å². The van der Waals surface area contributed by atoms with Gasteiger partial charge in [-0.3, -0.25) is 0 Å². The van der Waals surface area contributed by atoms with Crippen molar-refractivity contribution in [3.05, 3.63) is 34.6 Å². The van der Waals surface area contributed by atoms with Crippen LogP contribution in [0.15, 0.2) is 10.6 Å². The molecule has 7 heteroatoms. The highest BCUT2D eigenvalue weighted by Gasteiger charge is 2.16. The first-order chi connectivity index (χ1) is 10.1. The van der Waals surface area contributed by atoms with Crippen LogP contribution in [0.2, 0.25) is 0 Å². The lowest BCUT2D eigenvalue weighted by Gasteiger charge is -2.18. The quantitative estimate of drug-likeness (QED) is 0.834. The van der Waals surface area contributed by atoms with Crippen LogP contribution in [0.25, 0.3) is 0 Å². The first-order valence-electron chi connectivity index (χ1n) is 6.99. The molecule has 1 aliphatic rings. The van der Waals surface area contributed by atoms with Crippen LogP contribution in [0, 0.1) is 6.92 Å². The van der Waals surface area contributed by atoms with Gasteiger partial charge in [-0.2, -0.15) is 4.98 Å². The molecule has 0 aliphatic heterocycles. The molecule has 2 heterocycles. The molecular formula is C14H17N5OS. The van der Waals surface area contributed by atoms with Gasteiger partial charge in [-0.05, 0) is 44.2 Å². The van der Waals surface area contributed by atoms with Gasteiger partial charge in [0, 0.05) is 5.69 Å². The van der Waals surface area contributed by atoms with Crippen molar-refractivity contribution in [2.45, 2.75) is 39.2 Å². The summed E-state index contributed by atoms with van der Waals surface area (Å²) in [6, 6.07) is 2.06. The van der Waals surface area contributed by atoms with Crippen LogP contribution in [-0.4, -0.2) is 20.1 Å². The third-order valence-corrected chi connectivity index (χ3v) is 3.76. The summed E-state index contributed by atoms with van der Waals surface area (Å²) in [7, 11) is 0. The lowest BCUT2D eigenvalue weighted by Crippen LogP contribution is -2.18. The highest BCUT2D eigenvalue weighted by atomic mass is 32.1. The number of anilines is 1. The highest BCUT2D eigenvalue weighted by molar-refractivity contribution is 7.80. The molecule has 0 atom stereocenters. The van der Waals surface area contributed by atoms with Crippen molar-refractivity contribution >= 4 is 23.0 Å². The number of fused-ring (bicyclic) bond motifs is 1. The predicted molar refractivity (Wildman–Crippen MR) is 83.1 cm³/mol. The first kappa shape index (κ1) is 13.9. The molecule has 0 unspecified atom stereocenters. The maximum Gasteiger partial charge on any atom is 0.245 e.